The number of aromatic nitrogens is 2. The fourth-order valence-corrected chi connectivity index (χ4v) is 2.18. The van der Waals surface area contributed by atoms with Crippen molar-refractivity contribution >= 4 is 5.78 Å². The van der Waals surface area contributed by atoms with Crippen molar-refractivity contribution in [1.82, 2.24) is 4.98 Å². The van der Waals surface area contributed by atoms with Gasteiger partial charge in [-0.3, -0.25) is 9.78 Å². The quantitative estimate of drug-likeness (QED) is 0.485. The van der Waals surface area contributed by atoms with Crippen molar-refractivity contribution in [3.63, 3.8) is 0 Å². The third-order valence-electron chi connectivity index (χ3n) is 3.33. The molecule has 2 aromatic heterocycles. The maximum Gasteiger partial charge on any atom is 0.227 e. The standard InChI is InChI=1S/C18H15N2O.BrH/c21-18(17-4-2-1-3-5-17)14-20-12-8-16(9-13-20)15-6-10-19-11-7-15;/h1-13H,14H2;1H/q+1;/p-1. The Morgan fingerprint density at radius 3 is 2.09 bits per heavy atom. The number of carbonyl (C=O) groups is 1. The molecule has 0 atom stereocenters. The van der Waals surface area contributed by atoms with E-state index in [2.05, 4.69) is 4.98 Å². The molecule has 0 fully saturated rings. The van der Waals surface area contributed by atoms with Crippen LogP contribution in [0.3, 0.4) is 0 Å². The van der Waals surface area contributed by atoms with Crippen molar-refractivity contribution in [2.24, 2.45) is 0 Å². The topological polar surface area (TPSA) is 33.8 Å². The molecule has 0 aliphatic rings. The summed E-state index contributed by atoms with van der Waals surface area (Å²) in [6, 6.07) is 17.3. The molecule has 3 nitrogen and oxygen atoms in total. The lowest BCUT2D eigenvalue weighted by molar-refractivity contribution is -0.683. The molecule has 0 radical (unpaired) electrons. The van der Waals surface area contributed by atoms with Crippen LogP contribution in [0.1, 0.15) is 10.4 Å². The van der Waals surface area contributed by atoms with Crippen molar-refractivity contribution in [2.45, 2.75) is 6.54 Å². The summed E-state index contributed by atoms with van der Waals surface area (Å²) < 4.78 is 1.89. The van der Waals surface area contributed by atoms with Gasteiger partial charge >= 0.3 is 0 Å². The summed E-state index contributed by atoms with van der Waals surface area (Å²) in [6.07, 6.45) is 7.40. The minimum atomic E-state index is 0. The molecule has 3 rings (SSSR count). The van der Waals surface area contributed by atoms with Gasteiger partial charge in [-0.2, -0.15) is 4.57 Å². The number of halogens is 1. The molecule has 0 saturated carbocycles. The molecule has 1 aromatic carbocycles. The average Bonchev–Trinajstić information content (AvgIpc) is 2.57. The third kappa shape index (κ3) is 3.86. The first-order valence-electron chi connectivity index (χ1n) is 6.81. The van der Waals surface area contributed by atoms with Crippen LogP contribution in [0.4, 0.5) is 0 Å². The highest BCUT2D eigenvalue weighted by atomic mass is 79.9. The van der Waals surface area contributed by atoms with Crippen LogP contribution in [0.25, 0.3) is 11.1 Å². The van der Waals surface area contributed by atoms with Gasteiger partial charge in [0.05, 0.1) is 0 Å². The smallest absolute Gasteiger partial charge is 0.227 e. The van der Waals surface area contributed by atoms with Gasteiger partial charge in [0.25, 0.3) is 0 Å². The molecule has 0 saturated heterocycles. The van der Waals surface area contributed by atoms with Crippen LogP contribution in [0.2, 0.25) is 0 Å². The second-order valence-corrected chi connectivity index (χ2v) is 4.78. The summed E-state index contributed by atoms with van der Waals surface area (Å²) in [4.78, 5) is 16.2. The van der Waals surface area contributed by atoms with E-state index in [-0.39, 0.29) is 22.8 Å². The molecule has 22 heavy (non-hydrogen) atoms. The lowest BCUT2D eigenvalue weighted by Gasteiger charge is -2.01. The van der Waals surface area contributed by atoms with E-state index < -0.39 is 0 Å². The molecule has 0 bridgehead atoms. The van der Waals surface area contributed by atoms with E-state index >= 15 is 0 Å². The lowest BCUT2D eigenvalue weighted by atomic mass is 10.1. The van der Waals surface area contributed by atoms with Gasteiger partial charge in [-0.15, -0.1) is 0 Å². The van der Waals surface area contributed by atoms with E-state index in [0.717, 1.165) is 16.7 Å². The highest BCUT2D eigenvalue weighted by molar-refractivity contribution is 5.94. The molecule has 3 aromatic rings. The minimum Gasteiger partial charge on any atom is -1.00 e. The van der Waals surface area contributed by atoms with E-state index in [1.807, 2.05) is 71.6 Å². The fraction of sp³-hybridized carbons (Fsp3) is 0.0556. The molecule has 0 amide bonds. The SMILES string of the molecule is O=C(C[n+]1ccc(-c2ccncc2)cc1)c1ccccc1.[Br-]. The van der Waals surface area contributed by atoms with Crippen molar-refractivity contribution < 1.29 is 26.3 Å². The molecule has 0 aliphatic heterocycles. The highest BCUT2D eigenvalue weighted by Gasteiger charge is 2.11. The van der Waals surface area contributed by atoms with Crippen LogP contribution in [0, 0.1) is 0 Å². The van der Waals surface area contributed by atoms with Crippen LogP contribution >= 0.6 is 0 Å². The minimum absolute atomic E-state index is 0. The maximum absolute atomic E-state index is 12.1. The monoisotopic (exact) mass is 354 g/mol. The van der Waals surface area contributed by atoms with Gasteiger partial charge in [-0.1, -0.05) is 30.3 Å². The summed E-state index contributed by atoms with van der Waals surface area (Å²) in [6.45, 7) is 0.348. The lowest BCUT2D eigenvalue weighted by Crippen LogP contribution is -3.00. The Kier molecular flexibility index (Phi) is 5.55. The number of hydrogen-bond acceptors (Lipinski definition) is 2. The molecule has 0 N–H and O–H groups in total. The van der Waals surface area contributed by atoms with E-state index in [4.69, 9.17) is 0 Å². The number of nitrogens with zero attached hydrogens (tertiary/aromatic N) is 2. The van der Waals surface area contributed by atoms with Gasteiger partial charge < -0.3 is 17.0 Å². The third-order valence-corrected chi connectivity index (χ3v) is 3.33. The Bertz CT molecular complexity index is 728. The van der Waals surface area contributed by atoms with E-state index in [0.29, 0.717) is 6.54 Å². The molecular formula is C18H15BrN2O. The predicted molar refractivity (Wildman–Crippen MR) is 80.6 cm³/mol. The van der Waals surface area contributed by atoms with Gasteiger partial charge in [0.15, 0.2) is 12.4 Å². The Hall–Kier alpha value is -2.33. The number of ketones is 1. The first-order valence-corrected chi connectivity index (χ1v) is 6.81. The van der Waals surface area contributed by atoms with Crippen LogP contribution in [-0.4, -0.2) is 10.8 Å². The largest absolute Gasteiger partial charge is 1.00 e. The predicted octanol–water partition coefficient (Wildman–Crippen LogP) is -0.0770. The number of benzene rings is 1. The van der Waals surface area contributed by atoms with Crippen molar-refractivity contribution in [3.05, 3.63) is 84.9 Å². The average molecular weight is 355 g/mol. The number of pyridine rings is 2. The maximum atomic E-state index is 12.1. The fourth-order valence-electron chi connectivity index (χ4n) is 2.18. The Morgan fingerprint density at radius 1 is 0.864 bits per heavy atom. The van der Waals surface area contributed by atoms with Gasteiger partial charge in [-0.25, -0.2) is 0 Å². The Balaban J connectivity index is 0.00000176. The molecule has 4 heteroatoms. The number of rotatable bonds is 4. The van der Waals surface area contributed by atoms with E-state index in [1.54, 1.807) is 12.4 Å². The first kappa shape index (κ1) is 16.0. The Morgan fingerprint density at radius 2 is 1.45 bits per heavy atom. The molecular weight excluding hydrogens is 340 g/mol. The van der Waals surface area contributed by atoms with Crippen LogP contribution < -0.4 is 21.5 Å². The molecule has 0 spiro atoms. The molecule has 110 valence electrons. The van der Waals surface area contributed by atoms with Crippen LogP contribution in [-0.2, 0) is 6.54 Å². The summed E-state index contributed by atoms with van der Waals surface area (Å²) in [5.74, 6) is 0.109. The normalized spacial score (nSPS) is 9.82. The second-order valence-electron chi connectivity index (χ2n) is 4.78. The van der Waals surface area contributed by atoms with Crippen LogP contribution in [0.5, 0.6) is 0 Å². The summed E-state index contributed by atoms with van der Waals surface area (Å²) in [5.41, 5.74) is 2.97. The van der Waals surface area contributed by atoms with Gasteiger partial charge in [0.1, 0.15) is 0 Å². The van der Waals surface area contributed by atoms with E-state index in [9.17, 15) is 4.79 Å². The highest BCUT2D eigenvalue weighted by Crippen LogP contribution is 2.15. The van der Waals surface area contributed by atoms with Gasteiger partial charge in [0, 0.05) is 30.1 Å². The Labute approximate surface area is 140 Å². The van der Waals surface area contributed by atoms with Gasteiger partial charge in [-0.05, 0) is 23.3 Å². The zero-order chi connectivity index (χ0) is 14.5. The van der Waals surface area contributed by atoms with Crippen molar-refractivity contribution in [2.75, 3.05) is 0 Å². The van der Waals surface area contributed by atoms with Crippen LogP contribution in [0.15, 0.2) is 79.4 Å². The number of Topliss-reactive ketones (excluding diaryl/α,β-unsaturated/α-hetero) is 1. The summed E-state index contributed by atoms with van der Waals surface area (Å²) >= 11 is 0. The number of carbonyl (C=O) groups excluding carboxylic acids is 1. The molecule has 0 aliphatic carbocycles. The van der Waals surface area contributed by atoms with Crippen molar-refractivity contribution in [1.29, 1.82) is 0 Å². The second kappa shape index (κ2) is 7.61. The molecule has 2 heterocycles. The summed E-state index contributed by atoms with van der Waals surface area (Å²) in [5, 5.41) is 0. The van der Waals surface area contributed by atoms with E-state index in [1.165, 1.54) is 0 Å². The summed E-state index contributed by atoms with van der Waals surface area (Å²) in [7, 11) is 0. The van der Waals surface area contributed by atoms with Crippen molar-refractivity contribution in [3.8, 4) is 11.1 Å². The zero-order valence-electron chi connectivity index (χ0n) is 11.9. The zero-order valence-corrected chi connectivity index (χ0v) is 13.5. The first-order chi connectivity index (χ1) is 10.3. The van der Waals surface area contributed by atoms with Gasteiger partial charge in [0.2, 0.25) is 12.3 Å². The molecule has 0 unspecified atom stereocenters. The number of hydrogen-bond donors (Lipinski definition) is 0.